The second-order valence-electron chi connectivity index (χ2n) is 4.47. The third kappa shape index (κ3) is 2.33. The number of hydrogen-bond acceptors (Lipinski definition) is 4. The van der Waals surface area contributed by atoms with Gasteiger partial charge in [0.05, 0.1) is 16.7 Å². The van der Waals surface area contributed by atoms with Crippen LogP contribution in [-0.2, 0) is 6.54 Å². The van der Waals surface area contributed by atoms with Gasteiger partial charge in [-0.15, -0.1) is 0 Å². The number of benzene rings is 1. The lowest BCUT2D eigenvalue weighted by atomic mass is 10.2. The number of hydrogen-bond donors (Lipinski definition) is 3. The van der Waals surface area contributed by atoms with Crippen LogP contribution < -0.4 is 11.0 Å². The van der Waals surface area contributed by atoms with E-state index < -0.39 is 0 Å². The second-order valence-corrected chi connectivity index (χ2v) is 4.47. The normalized spacial score (nSPS) is 10.8. The number of aryl methyl sites for hydroxylation is 1. The molecule has 3 aromatic rings. The number of nitrogens with zero attached hydrogens (tertiary/aromatic N) is 1. The SMILES string of the molecule is Cc1cc(C(=O)NCc2ccc3[nH]c(=O)[nH]c3c2)on1. The molecule has 0 bridgehead atoms. The molecule has 0 saturated carbocycles. The van der Waals surface area contributed by atoms with Gasteiger partial charge in [-0.25, -0.2) is 4.79 Å². The number of imidazole rings is 1. The van der Waals surface area contributed by atoms with E-state index in [2.05, 4.69) is 20.4 Å². The predicted molar refractivity (Wildman–Crippen MR) is 71.3 cm³/mol. The number of amides is 1. The third-order valence-corrected chi connectivity index (χ3v) is 2.89. The molecule has 0 fully saturated rings. The largest absolute Gasteiger partial charge is 0.351 e. The molecule has 3 rings (SSSR count). The molecule has 0 radical (unpaired) electrons. The average Bonchev–Trinajstić information content (AvgIpc) is 3.00. The Bertz CT molecular complexity index is 827. The topological polar surface area (TPSA) is 104 Å². The Balaban J connectivity index is 1.73. The summed E-state index contributed by atoms with van der Waals surface area (Å²) in [6.45, 7) is 2.08. The van der Waals surface area contributed by atoms with Gasteiger partial charge in [-0.1, -0.05) is 11.2 Å². The summed E-state index contributed by atoms with van der Waals surface area (Å²) in [6.07, 6.45) is 0. The van der Waals surface area contributed by atoms with Gasteiger partial charge in [-0.3, -0.25) is 4.79 Å². The van der Waals surface area contributed by atoms with Crippen LogP contribution in [-0.4, -0.2) is 21.0 Å². The van der Waals surface area contributed by atoms with Crippen LogP contribution in [0.15, 0.2) is 33.6 Å². The molecule has 0 atom stereocenters. The molecule has 7 nitrogen and oxygen atoms in total. The summed E-state index contributed by atoms with van der Waals surface area (Å²) in [7, 11) is 0. The predicted octanol–water partition coefficient (Wildman–Crippen LogP) is 1.08. The molecule has 3 N–H and O–H groups in total. The molecular weight excluding hydrogens is 260 g/mol. The van der Waals surface area contributed by atoms with E-state index in [1.165, 1.54) is 0 Å². The van der Waals surface area contributed by atoms with Crippen molar-refractivity contribution < 1.29 is 9.32 Å². The molecule has 7 heteroatoms. The van der Waals surface area contributed by atoms with E-state index in [1.807, 2.05) is 6.07 Å². The molecule has 2 heterocycles. The Labute approximate surface area is 113 Å². The monoisotopic (exact) mass is 272 g/mol. The molecule has 1 amide bonds. The highest BCUT2D eigenvalue weighted by Crippen LogP contribution is 2.10. The maximum Gasteiger partial charge on any atom is 0.323 e. The Kier molecular flexibility index (Phi) is 2.86. The Morgan fingerprint density at radius 1 is 1.30 bits per heavy atom. The molecule has 0 spiro atoms. The van der Waals surface area contributed by atoms with Crippen molar-refractivity contribution in [3.63, 3.8) is 0 Å². The van der Waals surface area contributed by atoms with Crippen LogP contribution >= 0.6 is 0 Å². The highest BCUT2D eigenvalue weighted by molar-refractivity contribution is 5.91. The third-order valence-electron chi connectivity index (χ3n) is 2.89. The van der Waals surface area contributed by atoms with Gasteiger partial charge in [0, 0.05) is 12.6 Å². The number of fused-ring (bicyclic) bond motifs is 1. The second kappa shape index (κ2) is 4.69. The summed E-state index contributed by atoms with van der Waals surface area (Å²) in [4.78, 5) is 28.3. The van der Waals surface area contributed by atoms with Gasteiger partial charge < -0.3 is 19.8 Å². The molecule has 0 aliphatic rings. The average molecular weight is 272 g/mol. The summed E-state index contributed by atoms with van der Waals surface area (Å²) in [6, 6.07) is 6.99. The van der Waals surface area contributed by atoms with Gasteiger partial charge in [-0.05, 0) is 24.6 Å². The number of rotatable bonds is 3. The van der Waals surface area contributed by atoms with E-state index in [0.29, 0.717) is 17.8 Å². The van der Waals surface area contributed by atoms with Gasteiger partial charge in [0.2, 0.25) is 5.76 Å². The minimum atomic E-state index is -0.326. The van der Waals surface area contributed by atoms with E-state index in [4.69, 9.17) is 4.52 Å². The molecule has 2 aromatic heterocycles. The molecule has 0 aliphatic heterocycles. The number of carbonyl (C=O) groups excluding carboxylic acids is 1. The summed E-state index contributed by atoms with van der Waals surface area (Å²) in [5, 5.41) is 6.38. The van der Waals surface area contributed by atoms with Crippen LogP contribution in [0.25, 0.3) is 11.0 Å². The molecule has 102 valence electrons. The Morgan fingerprint density at radius 3 is 2.85 bits per heavy atom. The van der Waals surface area contributed by atoms with Crippen LogP contribution in [0.1, 0.15) is 21.8 Å². The van der Waals surface area contributed by atoms with Gasteiger partial charge in [-0.2, -0.15) is 0 Å². The highest BCUT2D eigenvalue weighted by Gasteiger charge is 2.11. The first kappa shape index (κ1) is 12.2. The van der Waals surface area contributed by atoms with Crippen LogP contribution in [0.2, 0.25) is 0 Å². The molecule has 1 aromatic carbocycles. The van der Waals surface area contributed by atoms with Crippen molar-refractivity contribution in [2.45, 2.75) is 13.5 Å². The van der Waals surface area contributed by atoms with E-state index >= 15 is 0 Å². The molecule has 0 saturated heterocycles. The number of H-pyrrole nitrogens is 2. The van der Waals surface area contributed by atoms with Crippen LogP contribution in [0, 0.1) is 6.92 Å². The maximum atomic E-state index is 11.8. The number of carbonyl (C=O) groups is 1. The van der Waals surface area contributed by atoms with Gasteiger partial charge in [0.15, 0.2) is 0 Å². The molecule has 0 unspecified atom stereocenters. The summed E-state index contributed by atoms with van der Waals surface area (Å²) >= 11 is 0. The summed E-state index contributed by atoms with van der Waals surface area (Å²) in [5.41, 5.74) is 2.71. The lowest BCUT2D eigenvalue weighted by molar-refractivity contribution is 0.0914. The van der Waals surface area contributed by atoms with Crippen LogP contribution in [0.5, 0.6) is 0 Å². The summed E-state index contributed by atoms with van der Waals surface area (Å²) in [5.74, 6) is -0.146. The van der Waals surface area contributed by atoms with Crippen molar-refractivity contribution >= 4 is 16.9 Å². The van der Waals surface area contributed by atoms with Crippen molar-refractivity contribution in [1.82, 2.24) is 20.4 Å². The molecule has 0 aliphatic carbocycles. The first-order valence-corrected chi connectivity index (χ1v) is 6.04. The minimum absolute atomic E-state index is 0.179. The van der Waals surface area contributed by atoms with Crippen molar-refractivity contribution in [1.29, 1.82) is 0 Å². The van der Waals surface area contributed by atoms with Crippen LogP contribution in [0.3, 0.4) is 0 Å². The van der Waals surface area contributed by atoms with E-state index in [1.54, 1.807) is 25.1 Å². The number of aromatic amines is 2. The zero-order valence-corrected chi connectivity index (χ0v) is 10.7. The smallest absolute Gasteiger partial charge is 0.323 e. The maximum absolute atomic E-state index is 11.8. The fraction of sp³-hybridized carbons (Fsp3) is 0.154. The van der Waals surface area contributed by atoms with Crippen molar-refractivity contribution in [2.75, 3.05) is 0 Å². The van der Waals surface area contributed by atoms with Crippen molar-refractivity contribution in [3.05, 3.63) is 51.8 Å². The first-order valence-electron chi connectivity index (χ1n) is 6.04. The Hall–Kier alpha value is -2.83. The lowest BCUT2D eigenvalue weighted by Gasteiger charge is -2.03. The van der Waals surface area contributed by atoms with E-state index in [0.717, 1.165) is 11.1 Å². The zero-order chi connectivity index (χ0) is 14.1. The number of aromatic nitrogens is 3. The van der Waals surface area contributed by atoms with E-state index in [9.17, 15) is 9.59 Å². The first-order chi connectivity index (χ1) is 9.61. The fourth-order valence-corrected chi connectivity index (χ4v) is 1.93. The minimum Gasteiger partial charge on any atom is -0.351 e. The fourth-order valence-electron chi connectivity index (χ4n) is 1.93. The van der Waals surface area contributed by atoms with E-state index in [-0.39, 0.29) is 17.4 Å². The molecule has 20 heavy (non-hydrogen) atoms. The van der Waals surface area contributed by atoms with Gasteiger partial charge in [0.1, 0.15) is 0 Å². The quantitative estimate of drug-likeness (QED) is 0.663. The number of nitrogens with one attached hydrogen (secondary N) is 3. The van der Waals surface area contributed by atoms with Gasteiger partial charge >= 0.3 is 5.69 Å². The Morgan fingerprint density at radius 2 is 2.10 bits per heavy atom. The molecular formula is C13H12N4O3. The zero-order valence-electron chi connectivity index (χ0n) is 10.7. The standard InChI is InChI=1S/C13H12N4O3/c1-7-4-11(20-17-7)12(18)14-6-8-2-3-9-10(5-8)16-13(19)15-9/h2-5H,6H2,1H3,(H,14,18)(H2,15,16,19). The summed E-state index contributed by atoms with van der Waals surface area (Å²) < 4.78 is 4.87. The van der Waals surface area contributed by atoms with Crippen molar-refractivity contribution in [3.8, 4) is 0 Å². The van der Waals surface area contributed by atoms with Crippen molar-refractivity contribution in [2.24, 2.45) is 0 Å². The van der Waals surface area contributed by atoms with Gasteiger partial charge in [0.25, 0.3) is 5.91 Å². The van der Waals surface area contributed by atoms with Crippen LogP contribution in [0.4, 0.5) is 0 Å². The highest BCUT2D eigenvalue weighted by atomic mass is 16.5. The lowest BCUT2D eigenvalue weighted by Crippen LogP contribution is -2.22.